The normalized spacial score (nSPS) is 12.4. The lowest BCUT2D eigenvalue weighted by atomic mass is 10.0. The zero-order valence-corrected chi connectivity index (χ0v) is 18.6. The van der Waals surface area contributed by atoms with Gasteiger partial charge in [0.05, 0.1) is 17.4 Å². The highest BCUT2D eigenvalue weighted by molar-refractivity contribution is 7.89. The highest BCUT2D eigenvalue weighted by Gasteiger charge is 2.22. The maximum Gasteiger partial charge on any atom is 0.243 e. The van der Waals surface area contributed by atoms with Gasteiger partial charge in [0, 0.05) is 25.7 Å². The molecule has 0 aliphatic carbocycles. The largest absolute Gasteiger partial charge is 0.349 e. The number of rotatable bonds is 9. The van der Waals surface area contributed by atoms with Gasteiger partial charge in [-0.25, -0.2) is 8.42 Å². The molecular weight excluding hydrogens is 402 g/mol. The fourth-order valence-corrected chi connectivity index (χ4v) is 4.57. The number of hydrogen-bond donors (Lipinski definition) is 2. The average Bonchev–Trinajstić information content (AvgIpc) is 2.69. The zero-order chi connectivity index (χ0) is 22.3. The van der Waals surface area contributed by atoms with Gasteiger partial charge < -0.3 is 10.6 Å². The molecule has 7 nitrogen and oxygen atoms in total. The van der Waals surface area contributed by atoms with Gasteiger partial charge in [-0.1, -0.05) is 43.7 Å². The van der Waals surface area contributed by atoms with Crippen molar-refractivity contribution in [1.82, 2.24) is 9.62 Å². The summed E-state index contributed by atoms with van der Waals surface area (Å²) in [5.41, 5.74) is 2.42. The van der Waals surface area contributed by atoms with Gasteiger partial charge in [0.15, 0.2) is 0 Å². The van der Waals surface area contributed by atoms with Crippen LogP contribution in [-0.4, -0.2) is 37.6 Å². The minimum absolute atomic E-state index is 0.0577. The summed E-state index contributed by atoms with van der Waals surface area (Å²) in [6.45, 7) is 7.73. The fourth-order valence-electron chi connectivity index (χ4n) is 3.12. The highest BCUT2D eigenvalue weighted by Crippen LogP contribution is 2.21. The second-order valence-electron chi connectivity index (χ2n) is 7.03. The van der Waals surface area contributed by atoms with Crippen molar-refractivity contribution in [3.05, 3.63) is 59.7 Å². The van der Waals surface area contributed by atoms with E-state index in [1.807, 2.05) is 31.2 Å². The van der Waals surface area contributed by atoms with Gasteiger partial charge in [0.2, 0.25) is 21.8 Å². The van der Waals surface area contributed by atoms with Crippen molar-refractivity contribution >= 4 is 27.5 Å². The van der Waals surface area contributed by atoms with Gasteiger partial charge >= 0.3 is 0 Å². The number of aryl methyl sites for hydroxylation is 1. The Morgan fingerprint density at radius 1 is 0.967 bits per heavy atom. The summed E-state index contributed by atoms with van der Waals surface area (Å²) >= 11 is 0. The molecule has 2 aromatic rings. The maximum atomic E-state index is 12.6. The van der Waals surface area contributed by atoms with E-state index in [-0.39, 0.29) is 23.1 Å². The zero-order valence-electron chi connectivity index (χ0n) is 17.8. The van der Waals surface area contributed by atoms with Crippen LogP contribution in [0.25, 0.3) is 0 Å². The second kappa shape index (κ2) is 10.4. The fraction of sp³-hybridized carbons (Fsp3) is 0.364. The molecule has 8 heteroatoms. The molecule has 2 N–H and O–H groups in total. The molecule has 0 aliphatic rings. The van der Waals surface area contributed by atoms with Crippen LogP contribution >= 0.6 is 0 Å². The summed E-state index contributed by atoms with van der Waals surface area (Å²) < 4.78 is 26.5. The van der Waals surface area contributed by atoms with E-state index in [2.05, 4.69) is 10.6 Å². The van der Waals surface area contributed by atoms with Crippen LogP contribution in [0.4, 0.5) is 5.69 Å². The van der Waals surface area contributed by atoms with Crippen LogP contribution in [0.15, 0.2) is 53.4 Å². The van der Waals surface area contributed by atoms with Crippen molar-refractivity contribution in [3.8, 4) is 0 Å². The van der Waals surface area contributed by atoms with Crippen LogP contribution in [0.5, 0.6) is 0 Å². The van der Waals surface area contributed by atoms with E-state index in [0.29, 0.717) is 18.8 Å². The summed E-state index contributed by atoms with van der Waals surface area (Å²) in [6, 6.07) is 13.3. The third kappa shape index (κ3) is 6.14. The summed E-state index contributed by atoms with van der Waals surface area (Å²) in [5.74, 6) is -0.506. The van der Waals surface area contributed by atoms with Crippen molar-refractivity contribution < 1.29 is 18.0 Å². The number of carbonyl (C=O) groups is 2. The van der Waals surface area contributed by atoms with Gasteiger partial charge in [-0.15, -0.1) is 0 Å². The van der Waals surface area contributed by atoms with Crippen LogP contribution in [0.2, 0.25) is 0 Å². The van der Waals surface area contributed by atoms with Gasteiger partial charge in [0.25, 0.3) is 0 Å². The molecule has 0 spiro atoms. The molecule has 2 amide bonds. The summed E-state index contributed by atoms with van der Waals surface area (Å²) in [7, 11) is -3.55. The number of nitrogens with zero attached hydrogens (tertiary/aromatic N) is 1. The van der Waals surface area contributed by atoms with Crippen molar-refractivity contribution in [2.24, 2.45) is 0 Å². The SMILES string of the molecule is CCN(CC)S(=O)(=O)c1ccc(NC(=O)CC(NC(C)=O)c2ccc(C)cc2)cc1. The van der Waals surface area contributed by atoms with Gasteiger partial charge in [-0.2, -0.15) is 4.31 Å². The molecule has 2 rings (SSSR count). The van der Waals surface area contributed by atoms with E-state index in [9.17, 15) is 18.0 Å². The van der Waals surface area contributed by atoms with Crippen LogP contribution in [-0.2, 0) is 19.6 Å². The molecule has 1 atom stereocenters. The molecule has 0 bridgehead atoms. The molecule has 0 fully saturated rings. The van der Waals surface area contributed by atoms with Crippen molar-refractivity contribution in [2.45, 2.75) is 45.1 Å². The van der Waals surface area contributed by atoms with Crippen molar-refractivity contribution in [1.29, 1.82) is 0 Å². The standard InChI is InChI=1S/C22H29N3O4S/c1-5-25(6-2)30(28,29)20-13-11-19(12-14-20)24-22(27)15-21(23-17(4)26)18-9-7-16(3)8-10-18/h7-14,21H,5-6,15H2,1-4H3,(H,23,26)(H,24,27). The predicted molar refractivity (Wildman–Crippen MR) is 118 cm³/mol. The molecule has 0 saturated carbocycles. The average molecular weight is 432 g/mol. The highest BCUT2D eigenvalue weighted by atomic mass is 32.2. The molecule has 2 aromatic carbocycles. The third-order valence-electron chi connectivity index (χ3n) is 4.73. The Kier molecular flexibility index (Phi) is 8.14. The van der Waals surface area contributed by atoms with Crippen LogP contribution in [0.3, 0.4) is 0 Å². The molecule has 0 saturated heterocycles. The number of nitrogens with one attached hydrogen (secondary N) is 2. The second-order valence-corrected chi connectivity index (χ2v) is 8.97. The number of benzene rings is 2. The number of sulfonamides is 1. The number of carbonyl (C=O) groups excluding carboxylic acids is 2. The van der Waals surface area contributed by atoms with E-state index in [4.69, 9.17) is 0 Å². The summed E-state index contributed by atoms with van der Waals surface area (Å²) in [5, 5.41) is 5.57. The topological polar surface area (TPSA) is 95.6 Å². The van der Waals surface area contributed by atoms with Gasteiger partial charge in [-0.3, -0.25) is 9.59 Å². The molecule has 0 aromatic heterocycles. The Bertz CT molecular complexity index is 966. The molecular formula is C22H29N3O4S. The first-order chi connectivity index (χ1) is 14.2. The first kappa shape index (κ1) is 23.6. The number of amides is 2. The Morgan fingerprint density at radius 2 is 1.53 bits per heavy atom. The summed E-state index contributed by atoms with van der Waals surface area (Å²) in [6.07, 6.45) is 0.0577. The van der Waals surface area contributed by atoms with E-state index < -0.39 is 16.1 Å². The van der Waals surface area contributed by atoms with E-state index in [0.717, 1.165) is 11.1 Å². The van der Waals surface area contributed by atoms with Gasteiger partial charge in [-0.05, 0) is 36.8 Å². The van der Waals surface area contributed by atoms with E-state index >= 15 is 0 Å². The molecule has 162 valence electrons. The minimum Gasteiger partial charge on any atom is -0.349 e. The van der Waals surface area contributed by atoms with Crippen LogP contribution in [0.1, 0.15) is 44.4 Å². The van der Waals surface area contributed by atoms with Crippen molar-refractivity contribution in [2.75, 3.05) is 18.4 Å². The molecule has 30 heavy (non-hydrogen) atoms. The molecule has 0 heterocycles. The number of anilines is 1. The number of hydrogen-bond acceptors (Lipinski definition) is 4. The Hall–Kier alpha value is -2.71. The van der Waals surface area contributed by atoms with Gasteiger partial charge in [0.1, 0.15) is 0 Å². The monoisotopic (exact) mass is 431 g/mol. The van der Waals surface area contributed by atoms with Crippen LogP contribution < -0.4 is 10.6 Å². The Labute approximate surface area is 178 Å². The van der Waals surface area contributed by atoms with E-state index in [1.54, 1.807) is 26.0 Å². The lowest BCUT2D eigenvalue weighted by molar-refractivity contribution is -0.120. The molecule has 0 aliphatic heterocycles. The lowest BCUT2D eigenvalue weighted by Crippen LogP contribution is -2.30. The Balaban J connectivity index is 2.10. The minimum atomic E-state index is -3.55. The smallest absolute Gasteiger partial charge is 0.243 e. The first-order valence-electron chi connectivity index (χ1n) is 9.91. The van der Waals surface area contributed by atoms with Crippen LogP contribution in [0, 0.1) is 6.92 Å². The Morgan fingerprint density at radius 3 is 2.03 bits per heavy atom. The first-order valence-corrected chi connectivity index (χ1v) is 11.3. The third-order valence-corrected chi connectivity index (χ3v) is 6.79. The lowest BCUT2D eigenvalue weighted by Gasteiger charge is -2.19. The molecule has 1 unspecified atom stereocenters. The van der Waals surface area contributed by atoms with Crippen molar-refractivity contribution in [3.63, 3.8) is 0 Å². The quantitative estimate of drug-likeness (QED) is 0.637. The predicted octanol–water partition coefficient (Wildman–Crippen LogP) is 3.23. The van der Waals surface area contributed by atoms with E-state index in [1.165, 1.54) is 23.4 Å². The maximum absolute atomic E-state index is 12.6. The molecule has 0 radical (unpaired) electrons. The summed E-state index contributed by atoms with van der Waals surface area (Å²) in [4.78, 5) is 24.3.